The van der Waals surface area contributed by atoms with Gasteiger partial charge < -0.3 is 11.1 Å². The Hall–Kier alpha value is -3.22. The number of halogens is 1. The molecule has 0 aliphatic carbocycles. The highest BCUT2D eigenvalue weighted by atomic mass is 19.1. The summed E-state index contributed by atoms with van der Waals surface area (Å²) in [6.45, 7) is 5.98. The Kier molecular flexibility index (Phi) is 5.68. The molecule has 2 amide bonds. The molecule has 3 rings (SSSR count). The van der Waals surface area contributed by atoms with Gasteiger partial charge in [0.15, 0.2) is 0 Å². The minimum Gasteiger partial charge on any atom is -0.368 e. The molecule has 0 radical (unpaired) electrons. The van der Waals surface area contributed by atoms with Crippen molar-refractivity contribution in [1.82, 2.24) is 15.1 Å². The third kappa shape index (κ3) is 4.80. The van der Waals surface area contributed by atoms with Crippen LogP contribution in [0.4, 0.5) is 4.39 Å². The first kappa shape index (κ1) is 20.5. The summed E-state index contributed by atoms with van der Waals surface area (Å²) in [7, 11) is 0. The molecule has 7 heteroatoms. The first-order valence-electron chi connectivity index (χ1n) is 9.42. The van der Waals surface area contributed by atoms with E-state index in [-0.39, 0.29) is 18.1 Å². The molecule has 3 aromatic rings. The molecule has 0 saturated carbocycles. The van der Waals surface area contributed by atoms with Gasteiger partial charge in [-0.2, -0.15) is 5.10 Å². The van der Waals surface area contributed by atoms with Crippen molar-refractivity contribution >= 4 is 22.7 Å². The molecule has 0 saturated heterocycles. The highest BCUT2D eigenvalue weighted by Crippen LogP contribution is 2.22. The zero-order valence-electron chi connectivity index (χ0n) is 16.8. The molecule has 0 spiro atoms. The van der Waals surface area contributed by atoms with E-state index >= 15 is 0 Å². The summed E-state index contributed by atoms with van der Waals surface area (Å²) < 4.78 is 15.0. The molecule has 1 atom stereocenters. The molecule has 29 heavy (non-hydrogen) atoms. The predicted molar refractivity (Wildman–Crippen MR) is 110 cm³/mol. The van der Waals surface area contributed by atoms with Gasteiger partial charge in [-0.1, -0.05) is 51.1 Å². The Balaban J connectivity index is 1.85. The third-order valence-electron chi connectivity index (χ3n) is 4.76. The number of carbonyl (C=O) groups is 2. The summed E-state index contributed by atoms with van der Waals surface area (Å²) in [6.07, 6.45) is 0.0246. The number of amides is 2. The van der Waals surface area contributed by atoms with E-state index in [4.69, 9.17) is 5.73 Å². The van der Waals surface area contributed by atoms with Gasteiger partial charge in [0.1, 0.15) is 11.9 Å². The van der Waals surface area contributed by atoms with Crippen molar-refractivity contribution in [3.05, 3.63) is 65.6 Å². The molecule has 1 aromatic heterocycles. The van der Waals surface area contributed by atoms with Crippen molar-refractivity contribution in [3.8, 4) is 0 Å². The lowest BCUT2D eigenvalue weighted by Gasteiger charge is -2.28. The third-order valence-corrected chi connectivity index (χ3v) is 4.76. The zero-order valence-corrected chi connectivity index (χ0v) is 16.8. The maximum Gasteiger partial charge on any atom is 0.240 e. The van der Waals surface area contributed by atoms with Gasteiger partial charge >= 0.3 is 0 Å². The molecule has 0 fully saturated rings. The van der Waals surface area contributed by atoms with Crippen LogP contribution in [0, 0.1) is 11.2 Å². The van der Waals surface area contributed by atoms with Gasteiger partial charge in [-0.3, -0.25) is 14.3 Å². The monoisotopic (exact) mass is 396 g/mol. The highest BCUT2D eigenvalue weighted by molar-refractivity contribution is 5.91. The van der Waals surface area contributed by atoms with Crippen LogP contribution in [0.5, 0.6) is 0 Å². The average Bonchev–Trinajstić information content (AvgIpc) is 2.98. The quantitative estimate of drug-likeness (QED) is 0.671. The average molecular weight is 396 g/mol. The van der Waals surface area contributed by atoms with Crippen molar-refractivity contribution in [1.29, 1.82) is 0 Å². The van der Waals surface area contributed by atoms with Gasteiger partial charge in [0.25, 0.3) is 0 Å². The van der Waals surface area contributed by atoms with Crippen LogP contribution in [-0.2, 0) is 22.6 Å². The summed E-state index contributed by atoms with van der Waals surface area (Å²) >= 11 is 0. The van der Waals surface area contributed by atoms with E-state index in [0.717, 1.165) is 16.5 Å². The summed E-state index contributed by atoms with van der Waals surface area (Å²) in [5.74, 6) is -1.18. The largest absolute Gasteiger partial charge is 0.368 e. The number of hydrogen-bond acceptors (Lipinski definition) is 3. The second-order valence-corrected chi connectivity index (χ2v) is 8.19. The van der Waals surface area contributed by atoms with Crippen LogP contribution < -0.4 is 11.1 Å². The maximum absolute atomic E-state index is 13.2. The lowest BCUT2D eigenvalue weighted by Crippen LogP contribution is -2.52. The predicted octanol–water partition coefficient (Wildman–Crippen LogP) is 2.78. The summed E-state index contributed by atoms with van der Waals surface area (Å²) in [6, 6.07) is 13.1. The van der Waals surface area contributed by atoms with Crippen molar-refractivity contribution in [2.75, 3.05) is 0 Å². The van der Waals surface area contributed by atoms with Gasteiger partial charge in [0.05, 0.1) is 24.2 Å². The van der Waals surface area contributed by atoms with Crippen LogP contribution in [0.2, 0.25) is 0 Å². The SMILES string of the molecule is CC(C)(C)C(NC(=O)Cc1nn(Cc2ccc(F)cc2)c2ccccc12)C(N)=O. The van der Waals surface area contributed by atoms with Crippen molar-refractivity contribution in [3.63, 3.8) is 0 Å². The molecular weight excluding hydrogens is 371 g/mol. The molecule has 0 aliphatic rings. The van der Waals surface area contributed by atoms with E-state index in [0.29, 0.717) is 12.2 Å². The van der Waals surface area contributed by atoms with E-state index in [2.05, 4.69) is 10.4 Å². The van der Waals surface area contributed by atoms with Crippen LogP contribution in [0.25, 0.3) is 10.9 Å². The summed E-state index contributed by atoms with van der Waals surface area (Å²) in [5, 5.41) is 8.20. The van der Waals surface area contributed by atoms with Gasteiger partial charge in [0, 0.05) is 5.39 Å². The Morgan fingerprint density at radius 1 is 1.14 bits per heavy atom. The molecule has 1 heterocycles. The van der Waals surface area contributed by atoms with Gasteiger partial charge in [-0.25, -0.2) is 4.39 Å². The number of aromatic nitrogens is 2. The van der Waals surface area contributed by atoms with Gasteiger partial charge in [-0.05, 0) is 29.2 Å². The molecule has 152 valence electrons. The summed E-state index contributed by atoms with van der Waals surface area (Å²) in [5.41, 5.74) is 7.35. The molecular formula is C22H25FN4O2. The first-order chi connectivity index (χ1) is 13.6. The second-order valence-electron chi connectivity index (χ2n) is 8.19. The molecule has 1 unspecified atom stereocenters. The van der Waals surface area contributed by atoms with Crippen molar-refractivity contribution in [2.45, 2.75) is 39.8 Å². The molecule has 0 bridgehead atoms. The lowest BCUT2D eigenvalue weighted by molar-refractivity contribution is -0.129. The van der Waals surface area contributed by atoms with Crippen LogP contribution >= 0.6 is 0 Å². The fourth-order valence-electron chi connectivity index (χ4n) is 3.29. The lowest BCUT2D eigenvalue weighted by atomic mass is 9.86. The van der Waals surface area contributed by atoms with E-state index < -0.39 is 17.4 Å². The number of rotatable bonds is 6. The molecule has 3 N–H and O–H groups in total. The fraction of sp³-hybridized carbons (Fsp3) is 0.318. The number of nitrogens with one attached hydrogen (secondary N) is 1. The van der Waals surface area contributed by atoms with Crippen LogP contribution in [0.15, 0.2) is 48.5 Å². The first-order valence-corrected chi connectivity index (χ1v) is 9.42. The number of nitrogens with two attached hydrogens (primary N) is 1. The molecule has 2 aromatic carbocycles. The minimum atomic E-state index is -0.775. The number of hydrogen-bond donors (Lipinski definition) is 2. The normalized spacial score (nSPS) is 12.7. The van der Waals surface area contributed by atoms with E-state index in [9.17, 15) is 14.0 Å². The zero-order chi connectivity index (χ0) is 21.2. The fourth-order valence-corrected chi connectivity index (χ4v) is 3.29. The number of nitrogens with zero attached hydrogens (tertiary/aromatic N) is 2. The Bertz CT molecular complexity index is 1040. The highest BCUT2D eigenvalue weighted by Gasteiger charge is 2.31. The number of carbonyl (C=O) groups excluding carboxylic acids is 2. The molecule has 0 aliphatic heterocycles. The van der Waals surface area contributed by atoms with Crippen molar-refractivity contribution in [2.24, 2.45) is 11.1 Å². The number of primary amides is 1. The second kappa shape index (κ2) is 8.03. The van der Waals surface area contributed by atoms with Crippen molar-refractivity contribution < 1.29 is 14.0 Å². The maximum atomic E-state index is 13.2. The summed E-state index contributed by atoms with van der Waals surface area (Å²) in [4.78, 5) is 24.4. The number of fused-ring (bicyclic) bond motifs is 1. The minimum absolute atomic E-state index is 0.0246. The molecule has 6 nitrogen and oxygen atoms in total. The van der Waals surface area contributed by atoms with Crippen LogP contribution in [-0.4, -0.2) is 27.6 Å². The Morgan fingerprint density at radius 2 is 1.79 bits per heavy atom. The number of para-hydroxylation sites is 1. The Morgan fingerprint density at radius 3 is 2.41 bits per heavy atom. The smallest absolute Gasteiger partial charge is 0.240 e. The van der Waals surface area contributed by atoms with E-state index in [1.165, 1.54) is 12.1 Å². The topological polar surface area (TPSA) is 90.0 Å². The van der Waals surface area contributed by atoms with E-state index in [1.54, 1.807) is 16.8 Å². The Labute approximate surface area is 168 Å². The van der Waals surface area contributed by atoms with Gasteiger partial charge in [-0.15, -0.1) is 0 Å². The standard InChI is InChI=1S/C22H25FN4O2/c1-22(2,3)20(21(24)29)25-19(28)12-17-16-6-4-5-7-18(16)27(26-17)13-14-8-10-15(23)11-9-14/h4-11,20H,12-13H2,1-3H3,(H2,24,29)(H,25,28). The number of benzene rings is 2. The van der Waals surface area contributed by atoms with E-state index in [1.807, 2.05) is 45.0 Å². The van der Waals surface area contributed by atoms with Crippen LogP contribution in [0.3, 0.4) is 0 Å². The van der Waals surface area contributed by atoms with Crippen LogP contribution in [0.1, 0.15) is 32.0 Å². The van der Waals surface area contributed by atoms with Gasteiger partial charge in [0.2, 0.25) is 11.8 Å².